The summed E-state index contributed by atoms with van der Waals surface area (Å²) >= 11 is 0. The maximum atomic E-state index is 11.2. The largest absolute Gasteiger partial charge is 0.379 e. The first-order valence-corrected chi connectivity index (χ1v) is 5.78. The minimum absolute atomic E-state index is 0.0911. The summed E-state index contributed by atoms with van der Waals surface area (Å²) in [6, 6.07) is 0. The third kappa shape index (κ3) is 5.14. The topological polar surface area (TPSA) is 41.6 Å². The van der Waals surface area contributed by atoms with Crippen LogP contribution in [0.25, 0.3) is 0 Å². The van der Waals surface area contributed by atoms with Gasteiger partial charge in [-0.25, -0.2) is 0 Å². The predicted molar refractivity (Wildman–Crippen MR) is 59.7 cm³/mol. The molecular formula is C11H22N2O2. The van der Waals surface area contributed by atoms with Crippen molar-refractivity contribution in [1.29, 1.82) is 0 Å². The van der Waals surface area contributed by atoms with Crippen molar-refractivity contribution in [3.8, 4) is 0 Å². The van der Waals surface area contributed by atoms with Crippen LogP contribution in [0.2, 0.25) is 0 Å². The van der Waals surface area contributed by atoms with Crippen LogP contribution in [0.4, 0.5) is 0 Å². The molecule has 1 heterocycles. The Morgan fingerprint density at radius 3 is 2.67 bits per heavy atom. The van der Waals surface area contributed by atoms with Crippen molar-refractivity contribution < 1.29 is 9.53 Å². The van der Waals surface area contributed by atoms with Crippen LogP contribution in [-0.4, -0.2) is 50.2 Å². The zero-order chi connectivity index (χ0) is 11.1. The fourth-order valence-electron chi connectivity index (χ4n) is 1.54. The third-order valence-electron chi connectivity index (χ3n) is 2.58. The summed E-state index contributed by atoms with van der Waals surface area (Å²) < 4.78 is 5.26. The van der Waals surface area contributed by atoms with Crippen molar-refractivity contribution in [2.75, 3.05) is 39.4 Å². The molecule has 0 unspecified atom stereocenters. The van der Waals surface area contributed by atoms with Crippen molar-refractivity contribution >= 4 is 5.91 Å². The molecule has 0 atom stereocenters. The summed E-state index contributed by atoms with van der Waals surface area (Å²) in [7, 11) is 0. The van der Waals surface area contributed by atoms with E-state index in [0.717, 1.165) is 45.8 Å². The van der Waals surface area contributed by atoms with Gasteiger partial charge in [0.05, 0.1) is 13.2 Å². The highest BCUT2D eigenvalue weighted by atomic mass is 16.5. The number of carbonyl (C=O) groups excluding carboxylic acids is 1. The summed E-state index contributed by atoms with van der Waals surface area (Å²) in [5.41, 5.74) is 0. The van der Waals surface area contributed by atoms with Gasteiger partial charge in [-0.3, -0.25) is 9.69 Å². The monoisotopic (exact) mass is 214 g/mol. The molecule has 1 N–H and O–H groups in total. The predicted octanol–water partition coefficient (Wildman–Crippen LogP) is 0.481. The van der Waals surface area contributed by atoms with Gasteiger partial charge in [0.2, 0.25) is 5.91 Å². The van der Waals surface area contributed by atoms with E-state index in [9.17, 15) is 4.79 Å². The van der Waals surface area contributed by atoms with Crippen molar-refractivity contribution in [3.63, 3.8) is 0 Å². The molecule has 88 valence electrons. The van der Waals surface area contributed by atoms with Gasteiger partial charge < -0.3 is 10.1 Å². The van der Waals surface area contributed by atoms with Crippen LogP contribution in [-0.2, 0) is 9.53 Å². The summed E-state index contributed by atoms with van der Waals surface area (Å²) in [5.74, 6) is 0.241. The number of hydrogen-bond donors (Lipinski definition) is 1. The Morgan fingerprint density at radius 1 is 1.40 bits per heavy atom. The number of ether oxygens (including phenoxy) is 1. The van der Waals surface area contributed by atoms with Gasteiger partial charge in [0.25, 0.3) is 0 Å². The van der Waals surface area contributed by atoms with Crippen molar-refractivity contribution in [1.82, 2.24) is 10.2 Å². The Hall–Kier alpha value is -0.610. The molecular weight excluding hydrogens is 192 g/mol. The molecule has 0 aromatic heterocycles. The number of nitrogens with zero attached hydrogens (tertiary/aromatic N) is 1. The Kier molecular flexibility index (Phi) is 5.65. The van der Waals surface area contributed by atoms with Crippen LogP contribution in [0.15, 0.2) is 0 Å². The van der Waals surface area contributed by atoms with E-state index in [4.69, 9.17) is 4.74 Å². The van der Waals surface area contributed by atoms with Crippen LogP contribution < -0.4 is 5.32 Å². The lowest BCUT2D eigenvalue weighted by Crippen LogP contribution is -2.38. The molecule has 1 fully saturated rings. The molecule has 0 saturated carbocycles. The minimum Gasteiger partial charge on any atom is -0.379 e. The van der Waals surface area contributed by atoms with E-state index < -0.39 is 0 Å². The zero-order valence-corrected chi connectivity index (χ0v) is 9.79. The minimum atomic E-state index is 0.0911. The molecule has 0 radical (unpaired) electrons. The molecule has 0 bridgehead atoms. The number of carbonyl (C=O) groups is 1. The summed E-state index contributed by atoms with van der Waals surface area (Å²) in [6.45, 7) is 9.41. The number of amides is 1. The van der Waals surface area contributed by atoms with E-state index in [1.165, 1.54) is 0 Å². The lowest BCUT2D eigenvalue weighted by atomic mass is 10.2. The molecule has 1 amide bonds. The summed E-state index contributed by atoms with van der Waals surface area (Å²) in [4.78, 5) is 13.6. The van der Waals surface area contributed by atoms with Crippen LogP contribution in [0.5, 0.6) is 0 Å². The summed E-state index contributed by atoms with van der Waals surface area (Å²) in [5, 5.41) is 2.92. The number of morpholine rings is 1. The second kappa shape index (κ2) is 6.80. The molecule has 0 aromatic rings. The van der Waals surface area contributed by atoms with Crippen LogP contribution in [0, 0.1) is 5.92 Å². The van der Waals surface area contributed by atoms with E-state index >= 15 is 0 Å². The first-order chi connectivity index (χ1) is 7.20. The van der Waals surface area contributed by atoms with E-state index in [2.05, 4.69) is 10.2 Å². The maximum Gasteiger partial charge on any atom is 0.222 e. The van der Waals surface area contributed by atoms with E-state index in [1.807, 2.05) is 13.8 Å². The van der Waals surface area contributed by atoms with Gasteiger partial charge in [-0.2, -0.15) is 0 Å². The van der Waals surface area contributed by atoms with Gasteiger partial charge in [-0.05, 0) is 13.0 Å². The highest BCUT2D eigenvalue weighted by Crippen LogP contribution is 1.97. The Balaban J connectivity index is 1.98. The van der Waals surface area contributed by atoms with E-state index in [-0.39, 0.29) is 11.8 Å². The van der Waals surface area contributed by atoms with Crippen LogP contribution in [0.1, 0.15) is 20.3 Å². The van der Waals surface area contributed by atoms with Crippen molar-refractivity contribution in [2.45, 2.75) is 20.3 Å². The zero-order valence-electron chi connectivity index (χ0n) is 9.79. The third-order valence-corrected chi connectivity index (χ3v) is 2.58. The molecule has 15 heavy (non-hydrogen) atoms. The molecule has 0 aromatic carbocycles. The molecule has 0 aliphatic carbocycles. The quantitative estimate of drug-likeness (QED) is 0.677. The lowest BCUT2D eigenvalue weighted by molar-refractivity contribution is -0.124. The van der Waals surface area contributed by atoms with E-state index in [1.54, 1.807) is 0 Å². The smallest absolute Gasteiger partial charge is 0.222 e. The van der Waals surface area contributed by atoms with Gasteiger partial charge in [0, 0.05) is 25.6 Å². The Labute approximate surface area is 92.0 Å². The first-order valence-electron chi connectivity index (χ1n) is 5.78. The van der Waals surface area contributed by atoms with Crippen molar-refractivity contribution in [2.24, 2.45) is 5.92 Å². The second-order valence-corrected chi connectivity index (χ2v) is 4.25. The molecule has 1 aliphatic rings. The summed E-state index contributed by atoms with van der Waals surface area (Å²) in [6.07, 6.45) is 1.03. The van der Waals surface area contributed by atoms with Gasteiger partial charge in [0.15, 0.2) is 0 Å². The van der Waals surface area contributed by atoms with Gasteiger partial charge in [-0.1, -0.05) is 13.8 Å². The van der Waals surface area contributed by atoms with Crippen LogP contribution >= 0.6 is 0 Å². The van der Waals surface area contributed by atoms with Gasteiger partial charge >= 0.3 is 0 Å². The standard InChI is InChI=1S/C11H22N2O2/c1-10(2)11(14)12-4-3-5-13-6-8-15-9-7-13/h10H,3-9H2,1-2H3,(H,12,14). The SMILES string of the molecule is CC(C)C(=O)NCCCN1CCOCC1. The number of rotatable bonds is 5. The van der Waals surface area contributed by atoms with Gasteiger partial charge in [-0.15, -0.1) is 0 Å². The molecule has 0 spiro atoms. The number of hydrogen-bond acceptors (Lipinski definition) is 3. The average Bonchev–Trinajstić information content (AvgIpc) is 2.25. The van der Waals surface area contributed by atoms with E-state index in [0.29, 0.717) is 0 Å². The maximum absolute atomic E-state index is 11.2. The highest BCUT2D eigenvalue weighted by Gasteiger charge is 2.10. The lowest BCUT2D eigenvalue weighted by Gasteiger charge is -2.26. The fraction of sp³-hybridized carbons (Fsp3) is 0.909. The van der Waals surface area contributed by atoms with Gasteiger partial charge in [0.1, 0.15) is 0 Å². The Morgan fingerprint density at radius 2 is 2.07 bits per heavy atom. The molecule has 1 saturated heterocycles. The fourth-order valence-corrected chi connectivity index (χ4v) is 1.54. The second-order valence-electron chi connectivity index (χ2n) is 4.25. The number of nitrogens with one attached hydrogen (secondary N) is 1. The molecule has 1 aliphatic heterocycles. The molecule has 4 nitrogen and oxygen atoms in total. The van der Waals surface area contributed by atoms with Crippen LogP contribution in [0.3, 0.4) is 0 Å². The first kappa shape index (κ1) is 12.5. The highest BCUT2D eigenvalue weighted by molar-refractivity contribution is 5.77. The molecule has 1 rings (SSSR count). The average molecular weight is 214 g/mol. The normalized spacial score (nSPS) is 18.1. The Bertz CT molecular complexity index is 189. The molecule has 4 heteroatoms. The van der Waals surface area contributed by atoms with Crippen molar-refractivity contribution in [3.05, 3.63) is 0 Å².